The Bertz CT molecular complexity index is 927. The van der Waals surface area contributed by atoms with Crippen LogP contribution in [0.2, 0.25) is 0 Å². The fourth-order valence-electron chi connectivity index (χ4n) is 2.57. The smallest absolute Gasteiger partial charge is 0.266 e. The molecule has 1 heterocycles. The third-order valence-electron chi connectivity index (χ3n) is 3.98. The molecule has 0 bridgehead atoms. The van der Waals surface area contributed by atoms with Crippen LogP contribution in [0.15, 0.2) is 57.9 Å². The van der Waals surface area contributed by atoms with E-state index >= 15 is 0 Å². The average molecular weight is 477 g/mol. The minimum atomic E-state index is -0.151. The number of carbonyl (C=O) groups excluding carboxylic acids is 2. The SMILES string of the molecule is O=C(CCCN1C(=O)/C(=C/c2ccc(Br)cc2)SC1=S)Nc1ccc(O)cc1. The zero-order chi connectivity index (χ0) is 20.1. The topological polar surface area (TPSA) is 69.6 Å². The fourth-order valence-corrected chi connectivity index (χ4v) is 4.14. The molecule has 0 spiro atoms. The number of nitrogens with zero attached hydrogens (tertiary/aromatic N) is 1. The van der Waals surface area contributed by atoms with Crippen molar-refractivity contribution in [3.63, 3.8) is 0 Å². The van der Waals surface area contributed by atoms with Crippen LogP contribution in [0.5, 0.6) is 5.75 Å². The number of rotatable bonds is 6. The minimum absolute atomic E-state index is 0.128. The number of phenolic OH excluding ortho intramolecular Hbond substituents is 1. The van der Waals surface area contributed by atoms with Gasteiger partial charge in [-0.3, -0.25) is 14.5 Å². The van der Waals surface area contributed by atoms with Gasteiger partial charge in [-0.25, -0.2) is 0 Å². The predicted molar refractivity (Wildman–Crippen MR) is 120 cm³/mol. The van der Waals surface area contributed by atoms with Crippen molar-refractivity contribution in [3.05, 3.63) is 63.5 Å². The van der Waals surface area contributed by atoms with E-state index in [9.17, 15) is 14.7 Å². The number of hydrogen-bond donors (Lipinski definition) is 2. The molecule has 5 nitrogen and oxygen atoms in total. The van der Waals surface area contributed by atoms with Gasteiger partial charge in [0.1, 0.15) is 10.1 Å². The van der Waals surface area contributed by atoms with E-state index in [0.29, 0.717) is 27.9 Å². The lowest BCUT2D eigenvalue weighted by Crippen LogP contribution is -2.29. The molecule has 1 saturated heterocycles. The van der Waals surface area contributed by atoms with Crippen molar-refractivity contribution in [2.75, 3.05) is 11.9 Å². The van der Waals surface area contributed by atoms with Gasteiger partial charge < -0.3 is 10.4 Å². The molecule has 0 saturated carbocycles. The number of anilines is 1. The van der Waals surface area contributed by atoms with E-state index in [1.54, 1.807) is 17.0 Å². The number of carbonyl (C=O) groups is 2. The van der Waals surface area contributed by atoms with Crippen molar-refractivity contribution in [1.82, 2.24) is 4.90 Å². The van der Waals surface area contributed by atoms with Crippen LogP contribution < -0.4 is 5.32 Å². The highest BCUT2D eigenvalue weighted by Crippen LogP contribution is 2.32. The number of phenols is 1. The Morgan fingerprint density at radius 2 is 1.86 bits per heavy atom. The van der Waals surface area contributed by atoms with Gasteiger partial charge in [-0.05, 0) is 54.5 Å². The first-order valence-corrected chi connectivity index (χ1v) is 10.5. The summed E-state index contributed by atoms with van der Waals surface area (Å²) in [5.74, 6) is -0.137. The molecule has 1 fully saturated rings. The highest BCUT2D eigenvalue weighted by molar-refractivity contribution is 9.10. The summed E-state index contributed by atoms with van der Waals surface area (Å²) in [6.45, 7) is 0.394. The van der Waals surface area contributed by atoms with E-state index in [1.807, 2.05) is 30.3 Å². The number of halogens is 1. The zero-order valence-electron chi connectivity index (χ0n) is 14.7. The summed E-state index contributed by atoms with van der Waals surface area (Å²) >= 11 is 9.99. The lowest BCUT2D eigenvalue weighted by Gasteiger charge is -2.14. The number of amides is 2. The molecular weight excluding hydrogens is 460 g/mol. The van der Waals surface area contributed by atoms with Crippen molar-refractivity contribution in [3.8, 4) is 5.75 Å². The first kappa shape index (κ1) is 20.6. The van der Waals surface area contributed by atoms with E-state index in [1.165, 1.54) is 23.9 Å². The Labute approximate surface area is 180 Å². The number of benzene rings is 2. The molecule has 3 rings (SSSR count). The highest BCUT2D eigenvalue weighted by Gasteiger charge is 2.31. The highest BCUT2D eigenvalue weighted by atomic mass is 79.9. The van der Waals surface area contributed by atoms with Crippen LogP contribution >= 0.6 is 39.9 Å². The van der Waals surface area contributed by atoms with Crippen LogP contribution in [0.25, 0.3) is 6.08 Å². The first-order chi connectivity index (χ1) is 13.4. The van der Waals surface area contributed by atoms with Gasteiger partial charge >= 0.3 is 0 Å². The summed E-state index contributed by atoms with van der Waals surface area (Å²) in [4.78, 5) is 26.8. The Hall–Kier alpha value is -2.16. The van der Waals surface area contributed by atoms with Gasteiger partial charge in [0.05, 0.1) is 4.91 Å². The molecule has 1 aliphatic heterocycles. The van der Waals surface area contributed by atoms with Crippen LogP contribution in [-0.4, -0.2) is 32.7 Å². The molecule has 0 unspecified atom stereocenters. The maximum Gasteiger partial charge on any atom is 0.266 e. The Balaban J connectivity index is 1.52. The Kier molecular flexibility index (Phi) is 6.88. The van der Waals surface area contributed by atoms with Gasteiger partial charge in [-0.2, -0.15) is 0 Å². The number of hydrogen-bond acceptors (Lipinski definition) is 5. The van der Waals surface area contributed by atoms with Gasteiger partial charge in [0, 0.05) is 23.1 Å². The summed E-state index contributed by atoms with van der Waals surface area (Å²) in [5, 5.41) is 12.0. The molecule has 0 aliphatic carbocycles. The third kappa shape index (κ3) is 5.43. The van der Waals surface area contributed by atoms with Crippen LogP contribution in [0, 0.1) is 0 Å². The van der Waals surface area contributed by atoms with E-state index < -0.39 is 0 Å². The van der Waals surface area contributed by atoms with Crippen molar-refractivity contribution in [2.24, 2.45) is 0 Å². The van der Waals surface area contributed by atoms with Crippen molar-refractivity contribution >= 4 is 67.8 Å². The molecule has 0 atom stereocenters. The Morgan fingerprint density at radius 3 is 2.54 bits per heavy atom. The average Bonchev–Trinajstić information content (AvgIpc) is 2.93. The lowest BCUT2D eigenvalue weighted by atomic mass is 10.2. The number of thiocarbonyl (C=S) groups is 1. The molecule has 2 aromatic rings. The van der Waals surface area contributed by atoms with E-state index in [-0.39, 0.29) is 24.0 Å². The molecule has 8 heteroatoms. The number of thioether (sulfide) groups is 1. The third-order valence-corrected chi connectivity index (χ3v) is 5.88. The predicted octanol–water partition coefficient (Wildman–Crippen LogP) is 4.77. The molecule has 28 heavy (non-hydrogen) atoms. The second-order valence-electron chi connectivity index (χ2n) is 6.08. The van der Waals surface area contributed by atoms with Gasteiger partial charge in [-0.1, -0.05) is 52.0 Å². The van der Waals surface area contributed by atoms with Gasteiger partial charge in [0.25, 0.3) is 5.91 Å². The van der Waals surface area contributed by atoms with E-state index in [2.05, 4.69) is 21.2 Å². The summed E-state index contributed by atoms with van der Waals surface area (Å²) in [5.41, 5.74) is 1.54. The standard InChI is InChI=1S/C20H17BrN2O3S2/c21-14-5-3-13(4-6-14)12-17-19(26)23(20(27)28-17)11-1-2-18(25)22-15-7-9-16(24)10-8-15/h3-10,12,24H,1-2,11H2,(H,22,25)/b17-12-. The Morgan fingerprint density at radius 1 is 1.18 bits per heavy atom. The second kappa shape index (κ2) is 9.36. The normalized spacial score (nSPS) is 15.3. The molecule has 2 aromatic carbocycles. The van der Waals surface area contributed by atoms with Crippen LogP contribution in [0.4, 0.5) is 5.69 Å². The molecule has 0 radical (unpaired) electrons. The monoisotopic (exact) mass is 476 g/mol. The molecule has 2 N–H and O–H groups in total. The summed E-state index contributed by atoms with van der Waals surface area (Å²) < 4.78 is 1.48. The first-order valence-electron chi connectivity index (χ1n) is 8.52. The van der Waals surface area contributed by atoms with Crippen molar-refractivity contribution in [2.45, 2.75) is 12.8 Å². The fraction of sp³-hybridized carbons (Fsp3) is 0.150. The number of aromatic hydroxyl groups is 1. The molecular formula is C20H17BrN2O3S2. The minimum Gasteiger partial charge on any atom is -0.508 e. The van der Waals surface area contributed by atoms with E-state index in [4.69, 9.17) is 12.2 Å². The van der Waals surface area contributed by atoms with Gasteiger partial charge in [0.2, 0.25) is 5.91 Å². The van der Waals surface area contributed by atoms with Crippen molar-refractivity contribution < 1.29 is 14.7 Å². The van der Waals surface area contributed by atoms with Gasteiger partial charge in [0.15, 0.2) is 0 Å². The van der Waals surface area contributed by atoms with Crippen LogP contribution in [-0.2, 0) is 9.59 Å². The quantitative estimate of drug-likeness (QED) is 0.356. The summed E-state index contributed by atoms with van der Waals surface area (Å²) in [7, 11) is 0. The van der Waals surface area contributed by atoms with E-state index in [0.717, 1.165) is 10.0 Å². The van der Waals surface area contributed by atoms with Crippen LogP contribution in [0.3, 0.4) is 0 Å². The number of nitrogens with one attached hydrogen (secondary N) is 1. The second-order valence-corrected chi connectivity index (χ2v) is 8.67. The maximum absolute atomic E-state index is 12.6. The van der Waals surface area contributed by atoms with Gasteiger partial charge in [-0.15, -0.1) is 0 Å². The van der Waals surface area contributed by atoms with Crippen molar-refractivity contribution in [1.29, 1.82) is 0 Å². The maximum atomic E-state index is 12.6. The molecule has 2 amide bonds. The summed E-state index contributed by atoms with van der Waals surface area (Å²) in [6.07, 6.45) is 2.59. The zero-order valence-corrected chi connectivity index (χ0v) is 17.9. The molecule has 0 aromatic heterocycles. The largest absolute Gasteiger partial charge is 0.508 e. The van der Waals surface area contributed by atoms with Crippen LogP contribution in [0.1, 0.15) is 18.4 Å². The lowest BCUT2D eigenvalue weighted by molar-refractivity contribution is -0.122. The summed E-state index contributed by atoms with van der Waals surface area (Å²) in [6, 6.07) is 13.9. The molecule has 144 valence electrons. The molecule has 1 aliphatic rings.